The van der Waals surface area contributed by atoms with Crippen LogP contribution in [-0.4, -0.2) is 30.2 Å². The van der Waals surface area contributed by atoms with Crippen molar-refractivity contribution in [2.45, 2.75) is 25.9 Å². The maximum atomic E-state index is 13.5. The van der Waals surface area contributed by atoms with Crippen molar-refractivity contribution in [1.29, 1.82) is 0 Å². The molecule has 1 N–H and O–H groups in total. The number of nitrogens with zero attached hydrogens (tertiary/aromatic N) is 2. The summed E-state index contributed by atoms with van der Waals surface area (Å²) < 4.78 is 13.5. The van der Waals surface area contributed by atoms with Crippen molar-refractivity contribution in [2.75, 3.05) is 18.0 Å². The van der Waals surface area contributed by atoms with Crippen LogP contribution in [0, 0.1) is 5.82 Å². The maximum absolute atomic E-state index is 13.5. The van der Waals surface area contributed by atoms with Gasteiger partial charge in [0.15, 0.2) is 11.6 Å². The van der Waals surface area contributed by atoms with Crippen LogP contribution in [0.1, 0.15) is 13.8 Å². The zero-order valence-corrected chi connectivity index (χ0v) is 9.07. The van der Waals surface area contributed by atoms with Crippen LogP contribution in [-0.2, 0) is 0 Å². The summed E-state index contributed by atoms with van der Waals surface area (Å²) in [4.78, 5) is 6.13. The number of hydrogen-bond donors (Lipinski definition) is 1. The van der Waals surface area contributed by atoms with E-state index in [-0.39, 0.29) is 11.9 Å². The lowest BCUT2D eigenvalue weighted by Crippen LogP contribution is -2.55. The Bertz CT molecular complexity index is 342. The highest BCUT2D eigenvalue weighted by atomic mass is 19.1. The quantitative estimate of drug-likeness (QED) is 0.758. The summed E-state index contributed by atoms with van der Waals surface area (Å²) in [5.74, 6) is 0.233. The standard InChI is InChI=1S/C11H16FN3/c1-8-7-15(9(2)6-14-8)11-10(12)4-3-5-13-11/h3-5,8-9,14H,6-7H2,1-2H3. The van der Waals surface area contributed by atoms with Crippen molar-refractivity contribution in [1.82, 2.24) is 10.3 Å². The molecule has 1 fully saturated rings. The lowest BCUT2D eigenvalue weighted by atomic mass is 10.1. The second-order valence-electron chi connectivity index (χ2n) is 4.12. The van der Waals surface area contributed by atoms with E-state index in [4.69, 9.17) is 0 Å². The van der Waals surface area contributed by atoms with Crippen LogP contribution in [0.2, 0.25) is 0 Å². The third kappa shape index (κ3) is 2.09. The van der Waals surface area contributed by atoms with Gasteiger partial charge in [-0.2, -0.15) is 0 Å². The monoisotopic (exact) mass is 209 g/mol. The van der Waals surface area contributed by atoms with Gasteiger partial charge in [0.25, 0.3) is 0 Å². The van der Waals surface area contributed by atoms with Crippen molar-refractivity contribution in [3.8, 4) is 0 Å². The Labute approximate surface area is 89.3 Å². The predicted molar refractivity (Wildman–Crippen MR) is 58.5 cm³/mol. The first-order chi connectivity index (χ1) is 7.18. The highest BCUT2D eigenvalue weighted by Gasteiger charge is 2.25. The molecule has 0 amide bonds. The van der Waals surface area contributed by atoms with Crippen LogP contribution in [0.3, 0.4) is 0 Å². The molecule has 0 radical (unpaired) electrons. The van der Waals surface area contributed by atoms with Gasteiger partial charge in [-0.1, -0.05) is 0 Å². The molecule has 2 rings (SSSR count). The third-order valence-corrected chi connectivity index (χ3v) is 2.78. The Kier molecular flexibility index (Phi) is 2.86. The maximum Gasteiger partial charge on any atom is 0.165 e. The van der Waals surface area contributed by atoms with Gasteiger partial charge >= 0.3 is 0 Å². The van der Waals surface area contributed by atoms with Crippen molar-refractivity contribution in [3.05, 3.63) is 24.1 Å². The number of aromatic nitrogens is 1. The molecule has 3 nitrogen and oxygen atoms in total. The molecule has 1 aromatic rings. The Balaban J connectivity index is 2.25. The van der Waals surface area contributed by atoms with E-state index in [1.54, 1.807) is 12.3 Å². The molecule has 2 heterocycles. The highest BCUT2D eigenvalue weighted by molar-refractivity contribution is 5.41. The number of halogens is 1. The molecule has 1 saturated heterocycles. The molecule has 0 spiro atoms. The Morgan fingerprint density at radius 2 is 2.33 bits per heavy atom. The summed E-state index contributed by atoms with van der Waals surface area (Å²) in [5, 5.41) is 3.36. The van der Waals surface area contributed by atoms with E-state index in [1.165, 1.54) is 6.07 Å². The van der Waals surface area contributed by atoms with Crippen molar-refractivity contribution < 1.29 is 4.39 Å². The van der Waals surface area contributed by atoms with E-state index in [1.807, 2.05) is 4.90 Å². The van der Waals surface area contributed by atoms with Crippen LogP contribution in [0.5, 0.6) is 0 Å². The number of anilines is 1. The summed E-state index contributed by atoms with van der Waals surface area (Å²) in [6.07, 6.45) is 1.64. The molecular weight excluding hydrogens is 193 g/mol. The Hall–Kier alpha value is -1.16. The largest absolute Gasteiger partial charge is 0.349 e. The summed E-state index contributed by atoms with van der Waals surface area (Å²) in [6.45, 7) is 5.85. The fourth-order valence-corrected chi connectivity index (χ4v) is 1.91. The van der Waals surface area contributed by atoms with E-state index >= 15 is 0 Å². The van der Waals surface area contributed by atoms with Gasteiger partial charge in [-0.05, 0) is 26.0 Å². The summed E-state index contributed by atoms with van der Waals surface area (Å²) in [5.41, 5.74) is 0. The summed E-state index contributed by atoms with van der Waals surface area (Å²) in [7, 11) is 0. The summed E-state index contributed by atoms with van der Waals surface area (Å²) >= 11 is 0. The minimum atomic E-state index is -0.238. The van der Waals surface area contributed by atoms with Gasteiger partial charge in [0, 0.05) is 31.4 Å². The lowest BCUT2D eigenvalue weighted by molar-refractivity contribution is 0.417. The Morgan fingerprint density at radius 3 is 3.07 bits per heavy atom. The topological polar surface area (TPSA) is 28.2 Å². The Morgan fingerprint density at radius 1 is 1.53 bits per heavy atom. The molecule has 2 unspecified atom stereocenters. The van der Waals surface area contributed by atoms with Gasteiger partial charge < -0.3 is 10.2 Å². The van der Waals surface area contributed by atoms with Gasteiger partial charge in [-0.3, -0.25) is 0 Å². The van der Waals surface area contributed by atoms with Gasteiger partial charge in [-0.15, -0.1) is 0 Å². The van der Waals surface area contributed by atoms with E-state index < -0.39 is 0 Å². The van der Waals surface area contributed by atoms with E-state index in [2.05, 4.69) is 24.1 Å². The molecule has 15 heavy (non-hydrogen) atoms. The molecule has 82 valence electrons. The van der Waals surface area contributed by atoms with Crippen molar-refractivity contribution in [3.63, 3.8) is 0 Å². The molecule has 0 aliphatic carbocycles. The number of rotatable bonds is 1. The van der Waals surface area contributed by atoms with Gasteiger partial charge in [0.05, 0.1) is 0 Å². The van der Waals surface area contributed by atoms with E-state index in [0.717, 1.165) is 13.1 Å². The zero-order valence-electron chi connectivity index (χ0n) is 9.07. The van der Waals surface area contributed by atoms with Gasteiger partial charge in [0.1, 0.15) is 0 Å². The minimum Gasteiger partial charge on any atom is -0.349 e. The van der Waals surface area contributed by atoms with Crippen molar-refractivity contribution in [2.24, 2.45) is 0 Å². The molecular formula is C11H16FN3. The molecule has 0 bridgehead atoms. The molecule has 0 aromatic carbocycles. The fraction of sp³-hybridized carbons (Fsp3) is 0.545. The van der Waals surface area contributed by atoms with Crippen LogP contribution >= 0.6 is 0 Å². The first-order valence-electron chi connectivity index (χ1n) is 5.29. The second kappa shape index (κ2) is 4.14. The van der Waals surface area contributed by atoms with Crippen molar-refractivity contribution >= 4 is 5.82 Å². The first-order valence-corrected chi connectivity index (χ1v) is 5.29. The molecule has 1 aromatic heterocycles. The molecule has 2 atom stereocenters. The second-order valence-corrected chi connectivity index (χ2v) is 4.12. The predicted octanol–water partition coefficient (Wildman–Crippen LogP) is 1.41. The van der Waals surface area contributed by atoms with Gasteiger partial charge in [0.2, 0.25) is 0 Å². The van der Waals surface area contributed by atoms with Crippen LogP contribution < -0.4 is 10.2 Å². The average Bonchev–Trinajstić information content (AvgIpc) is 2.23. The van der Waals surface area contributed by atoms with E-state index in [0.29, 0.717) is 11.9 Å². The number of nitrogens with one attached hydrogen (secondary N) is 1. The van der Waals surface area contributed by atoms with E-state index in [9.17, 15) is 4.39 Å². The smallest absolute Gasteiger partial charge is 0.165 e. The average molecular weight is 209 g/mol. The molecule has 1 aliphatic heterocycles. The molecule has 0 saturated carbocycles. The SMILES string of the molecule is CC1CN(c2ncccc2F)C(C)CN1. The van der Waals surface area contributed by atoms with Crippen LogP contribution in [0.4, 0.5) is 10.2 Å². The number of piperazine rings is 1. The lowest BCUT2D eigenvalue weighted by Gasteiger charge is -2.38. The summed E-state index contributed by atoms with van der Waals surface area (Å²) in [6, 6.07) is 3.74. The minimum absolute atomic E-state index is 0.238. The molecule has 4 heteroatoms. The normalized spacial score (nSPS) is 26.7. The number of hydrogen-bond acceptors (Lipinski definition) is 3. The van der Waals surface area contributed by atoms with Crippen LogP contribution in [0.25, 0.3) is 0 Å². The third-order valence-electron chi connectivity index (χ3n) is 2.78. The molecule has 1 aliphatic rings. The number of pyridine rings is 1. The fourth-order valence-electron chi connectivity index (χ4n) is 1.91. The van der Waals surface area contributed by atoms with Gasteiger partial charge in [-0.25, -0.2) is 9.37 Å². The first kappa shape index (κ1) is 10.4. The highest BCUT2D eigenvalue weighted by Crippen LogP contribution is 2.19. The zero-order chi connectivity index (χ0) is 10.8. The van der Waals surface area contributed by atoms with Crippen LogP contribution in [0.15, 0.2) is 18.3 Å².